The lowest BCUT2D eigenvalue weighted by Gasteiger charge is -2.07. The average molecular weight is 294 g/mol. The molecular weight excluding hydrogens is 283 g/mol. The zero-order valence-corrected chi connectivity index (χ0v) is 10.7. The zero-order valence-electron chi connectivity index (χ0n) is 10.7. The second-order valence-electron chi connectivity index (χ2n) is 3.96. The van der Waals surface area contributed by atoms with Gasteiger partial charge in [0.1, 0.15) is 12.4 Å². The van der Waals surface area contributed by atoms with Crippen LogP contribution in [0.1, 0.15) is 0 Å². The number of rotatable bonds is 5. The first-order valence-corrected chi connectivity index (χ1v) is 5.87. The van der Waals surface area contributed by atoms with Crippen LogP contribution in [0.3, 0.4) is 0 Å². The normalized spacial score (nSPS) is 10.1. The van der Waals surface area contributed by atoms with Gasteiger partial charge in [0.2, 0.25) is 0 Å². The largest absolute Gasteiger partial charge is 0.336 e. The summed E-state index contributed by atoms with van der Waals surface area (Å²) in [5, 5.41) is 19.0. The second-order valence-corrected chi connectivity index (χ2v) is 3.96. The predicted molar refractivity (Wildman–Crippen MR) is 70.1 cm³/mol. The summed E-state index contributed by atoms with van der Waals surface area (Å²) >= 11 is 0. The summed E-state index contributed by atoms with van der Waals surface area (Å²) in [4.78, 5) is 25.0. The molecule has 0 aliphatic heterocycles. The summed E-state index contributed by atoms with van der Waals surface area (Å²) in [5.74, 6) is -0.643. The SMILES string of the molecule is O=C(NCCn1cc([N+](=O)[O-])cn1)Nc1ccncc1F. The second kappa shape index (κ2) is 6.41. The van der Waals surface area contributed by atoms with Crippen molar-refractivity contribution in [3.05, 3.63) is 46.8 Å². The smallest absolute Gasteiger partial charge is 0.319 e. The third-order valence-corrected chi connectivity index (χ3v) is 2.48. The van der Waals surface area contributed by atoms with Crippen molar-refractivity contribution in [3.63, 3.8) is 0 Å². The molecule has 0 aliphatic rings. The monoisotopic (exact) mass is 294 g/mol. The third kappa shape index (κ3) is 3.96. The molecule has 0 bridgehead atoms. The third-order valence-electron chi connectivity index (χ3n) is 2.48. The fraction of sp³-hybridized carbons (Fsp3) is 0.182. The lowest BCUT2D eigenvalue weighted by Crippen LogP contribution is -2.31. The van der Waals surface area contributed by atoms with Crippen LogP contribution >= 0.6 is 0 Å². The van der Waals surface area contributed by atoms with Crippen molar-refractivity contribution < 1.29 is 14.1 Å². The summed E-state index contributed by atoms with van der Waals surface area (Å²) in [6.07, 6.45) is 4.70. The Morgan fingerprint density at radius 3 is 2.95 bits per heavy atom. The maximum absolute atomic E-state index is 13.2. The molecule has 2 rings (SSSR count). The molecule has 0 saturated heterocycles. The van der Waals surface area contributed by atoms with E-state index in [0.717, 1.165) is 12.4 Å². The molecule has 0 radical (unpaired) electrons. The number of halogens is 1. The van der Waals surface area contributed by atoms with Crippen LogP contribution in [0.25, 0.3) is 0 Å². The van der Waals surface area contributed by atoms with E-state index in [-0.39, 0.29) is 24.5 Å². The molecule has 0 unspecified atom stereocenters. The Hall–Kier alpha value is -3.04. The van der Waals surface area contributed by atoms with E-state index in [1.54, 1.807) is 0 Å². The Kier molecular flexibility index (Phi) is 4.39. The fourth-order valence-electron chi connectivity index (χ4n) is 1.50. The van der Waals surface area contributed by atoms with E-state index in [2.05, 4.69) is 20.7 Å². The van der Waals surface area contributed by atoms with E-state index >= 15 is 0 Å². The van der Waals surface area contributed by atoms with Gasteiger partial charge in [-0.15, -0.1) is 0 Å². The molecule has 0 saturated carbocycles. The highest BCUT2D eigenvalue weighted by atomic mass is 19.1. The van der Waals surface area contributed by atoms with E-state index in [9.17, 15) is 19.3 Å². The van der Waals surface area contributed by atoms with Gasteiger partial charge in [0.15, 0.2) is 5.82 Å². The first kappa shape index (κ1) is 14.4. The van der Waals surface area contributed by atoms with Crippen molar-refractivity contribution in [1.29, 1.82) is 0 Å². The molecule has 0 fully saturated rings. The highest BCUT2D eigenvalue weighted by molar-refractivity contribution is 5.89. The molecule has 2 heterocycles. The number of nitro groups is 1. The number of nitrogens with zero attached hydrogens (tertiary/aromatic N) is 4. The number of anilines is 1. The van der Waals surface area contributed by atoms with Crippen molar-refractivity contribution in [2.24, 2.45) is 0 Å². The van der Waals surface area contributed by atoms with Crippen molar-refractivity contribution in [3.8, 4) is 0 Å². The van der Waals surface area contributed by atoms with E-state index < -0.39 is 16.8 Å². The maximum atomic E-state index is 13.2. The van der Waals surface area contributed by atoms with E-state index in [4.69, 9.17) is 0 Å². The molecular formula is C11H11FN6O3. The first-order chi connectivity index (χ1) is 10.1. The van der Waals surface area contributed by atoms with Crippen LogP contribution < -0.4 is 10.6 Å². The van der Waals surface area contributed by atoms with Crippen LogP contribution in [0.5, 0.6) is 0 Å². The molecule has 9 nitrogen and oxygen atoms in total. The summed E-state index contributed by atoms with van der Waals surface area (Å²) in [7, 11) is 0. The molecule has 2 aromatic heterocycles. The highest BCUT2D eigenvalue weighted by Crippen LogP contribution is 2.10. The summed E-state index contributed by atoms with van der Waals surface area (Å²) < 4.78 is 14.6. The number of carbonyl (C=O) groups is 1. The topological polar surface area (TPSA) is 115 Å². The molecule has 2 amide bonds. The van der Waals surface area contributed by atoms with E-state index in [0.29, 0.717) is 0 Å². The lowest BCUT2D eigenvalue weighted by molar-refractivity contribution is -0.385. The number of nitrogens with one attached hydrogen (secondary N) is 2. The minimum atomic E-state index is -0.643. The van der Waals surface area contributed by atoms with Crippen LogP contribution in [0.4, 0.5) is 20.6 Å². The Labute approximate surface area is 117 Å². The van der Waals surface area contributed by atoms with Gasteiger partial charge in [0.05, 0.1) is 23.4 Å². The van der Waals surface area contributed by atoms with Gasteiger partial charge in [0, 0.05) is 12.7 Å². The van der Waals surface area contributed by atoms with Crippen LogP contribution in [-0.4, -0.2) is 32.3 Å². The molecule has 10 heteroatoms. The average Bonchev–Trinajstić information content (AvgIpc) is 2.90. The van der Waals surface area contributed by atoms with Gasteiger partial charge in [-0.05, 0) is 6.07 Å². The van der Waals surface area contributed by atoms with Crippen LogP contribution in [0.2, 0.25) is 0 Å². The van der Waals surface area contributed by atoms with Gasteiger partial charge in [-0.3, -0.25) is 19.8 Å². The summed E-state index contributed by atoms with van der Waals surface area (Å²) in [6.45, 7) is 0.428. The zero-order chi connectivity index (χ0) is 15.2. The Morgan fingerprint density at radius 1 is 1.48 bits per heavy atom. The lowest BCUT2D eigenvalue weighted by atomic mass is 10.4. The van der Waals surface area contributed by atoms with Crippen LogP contribution in [0.15, 0.2) is 30.9 Å². The van der Waals surface area contributed by atoms with Gasteiger partial charge in [0.25, 0.3) is 0 Å². The maximum Gasteiger partial charge on any atom is 0.319 e. The summed E-state index contributed by atoms with van der Waals surface area (Å²) in [5.41, 5.74) is -0.115. The quantitative estimate of drug-likeness (QED) is 0.634. The summed E-state index contributed by atoms with van der Waals surface area (Å²) in [6, 6.07) is 0.730. The standard InChI is InChI=1S/C11H11FN6O3/c12-9-6-13-2-1-10(9)16-11(19)14-3-4-17-7-8(5-15-17)18(20)21/h1-2,5-7H,3-4H2,(H2,13,14,16,19). The van der Waals surface area contributed by atoms with Crippen molar-refractivity contribution in [1.82, 2.24) is 20.1 Å². The predicted octanol–water partition coefficient (Wildman–Crippen LogP) is 1.15. The fourth-order valence-corrected chi connectivity index (χ4v) is 1.50. The van der Waals surface area contributed by atoms with E-state index in [1.165, 1.54) is 23.1 Å². The molecule has 2 N–H and O–H groups in total. The number of aromatic nitrogens is 3. The van der Waals surface area contributed by atoms with Crippen molar-refractivity contribution >= 4 is 17.4 Å². The van der Waals surface area contributed by atoms with Crippen LogP contribution in [0, 0.1) is 15.9 Å². The molecule has 110 valence electrons. The minimum absolute atomic E-state index is 0.0113. The van der Waals surface area contributed by atoms with Crippen molar-refractivity contribution in [2.75, 3.05) is 11.9 Å². The number of hydrogen-bond donors (Lipinski definition) is 2. The van der Waals surface area contributed by atoms with Gasteiger partial charge < -0.3 is 10.6 Å². The number of amides is 2. The number of urea groups is 1. The van der Waals surface area contributed by atoms with Crippen molar-refractivity contribution in [2.45, 2.75) is 6.54 Å². The highest BCUT2D eigenvalue weighted by Gasteiger charge is 2.09. The van der Waals surface area contributed by atoms with Gasteiger partial charge in [-0.1, -0.05) is 0 Å². The number of carbonyl (C=O) groups excluding carboxylic acids is 1. The number of hydrogen-bond acceptors (Lipinski definition) is 5. The van der Waals surface area contributed by atoms with Gasteiger partial charge >= 0.3 is 11.7 Å². The Bertz CT molecular complexity index is 659. The molecule has 0 spiro atoms. The molecule has 21 heavy (non-hydrogen) atoms. The molecule has 0 aliphatic carbocycles. The Morgan fingerprint density at radius 2 is 2.29 bits per heavy atom. The number of pyridine rings is 1. The molecule has 0 aromatic carbocycles. The minimum Gasteiger partial charge on any atom is -0.336 e. The molecule has 2 aromatic rings. The van der Waals surface area contributed by atoms with Gasteiger partial charge in [-0.2, -0.15) is 5.10 Å². The molecule has 0 atom stereocenters. The van der Waals surface area contributed by atoms with E-state index in [1.807, 2.05) is 0 Å². The van der Waals surface area contributed by atoms with Crippen LogP contribution in [-0.2, 0) is 6.54 Å². The Balaban J connectivity index is 1.79. The first-order valence-electron chi connectivity index (χ1n) is 5.87. The van der Waals surface area contributed by atoms with Gasteiger partial charge in [-0.25, -0.2) is 9.18 Å².